The van der Waals surface area contributed by atoms with Gasteiger partial charge in [0.1, 0.15) is 11.6 Å². The van der Waals surface area contributed by atoms with Crippen LogP contribution in [-0.2, 0) is 13.0 Å². The molecule has 6 nitrogen and oxygen atoms in total. The van der Waals surface area contributed by atoms with E-state index >= 15 is 0 Å². The molecule has 0 aliphatic rings. The van der Waals surface area contributed by atoms with Gasteiger partial charge in [-0.2, -0.15) is 4.98 Å². The summed E-state index contributed by atoms with van der Waals surface area (Å²) in [5, 5.41) is 3.48. The molecule has 0 fully saturated rings. The molecule has 3 N–H and O–H groups in total. The fraction of sp³-hybridized carbons (Fsp3) is 0.333. The highest BCUT2D eigenvalue weighted by Gasteiger charge is 2.16. The summed E-state index contributed by atoms with van der Waals surface area (Å²) in [7, 11) is 0. The van der Waals surface area contributed by atoms with Gasteiger partial charge in [-0.15, -0.1) is 36.2 Å². The van der Waals surface area contributed by atoms with Crippen LogP contribution in [0, 0.1) is 6.92 Å². The van der Waals surface area contributed by atoms with E-state index in [-0.39, 0.29) is 36.1 Å². The van der Waals surface area contributed by atoms with E-state index in [2.05, 4.69) is 25.3 Å². The maximum atomic E-state index is 6.08. The number of hydrogen-bond donors (Lipinski definition) is 2. The Labute approximate surface area is 167 Å². The van der Waals surface area contributed by atoms with Gasteiger partial charge in [-0.05, 0) is 43.5 Å². The third-order valence-electron chi connectivity index (χ3n) is 3.38. The first-order valence-corrected chi connectivity index (χ1v) is 8.45. The first-order valence-electron chi connectivity index (χ1n) is 7.25. The summed E-state index contributed by atoms with van der Waals surface area (Å²) in [4.78, 5) is 18.3. The van der Waals surface area contributed by atoms with Crippen molar-refractivity contribution >= 4 is 63.8 Å². The number of aromatic nitrogens is 4. The first kappa shape index (κ1) is 21.8. The van der Waals surface area contributed by atoms with Crippen LogP contribution in [0.3, 0.4) is 0 Å². The number of fused-ring (bicyclic) bond motifs is 1. The first-order chi connectivity index (χ1) is 11.0. The summed E-state index contributed by atoms with van der Waals surface area (Å²) >= 11 is 7.73. The standard InChI is InChI=1S/C15H17ClN6S.2ClH/c1-8(17)6-10-9(2)12-13(23-10)14(22-15(16)21-12)20-7-11-18-4-3-5-19-11;;/h3-5,8H,6-7,17H2,1-2H3,(H,20,21,22);2*1H. The van der Waals surface area contributed by atoms with Crippen LogP contribution in [0.25, 0.3) is 10.2 Å². The molecule has 0 aromatic carbocycles. The van der Waals surface area contributed by atoms with Gasteiger partial charge < -0.3 is 11.1 Å². The van der Waals surface area contributed by atoms with Gasteiger partial charge in [0, 0.05) is 23.3 Å². The Kier molecular flexibility index (Phi) is 8.24. The molecule has 3 aromatic rings. The molecular formula is C15H19Cl3N6S. The van der Waals surface area contributed by atoms with Crippen molar-refractivity contribution in [2.24, 2.45) is 5.73 Å². The van der Waals surface area contributed by atoms with Gasteiger partial charge in [-0.3, -0.25) is 0 Å². The van der Waals surface area contributed by atoms with Crippen LogP contribution in [0.15, 0.2) is 18.5 Å². The molecule has 0 amide bonds. The number of nitrogens with zero attached hydrogens (tertiary/aromatic N) is 4. The molecule has 1 unspecified atom stereocenters. The number of aryl methyl sites for hydroxylation is 1. The molecule has 0 bridgehead atoms. The van der Waals surface area contributed by atoms with E-state index in [0.717, 1.165) is 22.2 Å². The molecular weight excluding hydrogens is 403 g/mol. The summed E-state index contributed by atoms with van der Waals surface area (Å²) in [6.07, 6.45) is 4.23. The maximum absolute atomic E-state index is 6.08. The van der Waals surface area contributed by atoms with E-state index in [1.54, 1.807) is 29.8 Å². The summed E-state index contributed by atoms with van der Waals surface area (Å²) in [5.41, 5.74) is 7.92. The Morgan fingerprint density at radius 3 is 2.56 bits per heavy atom. The minimum absolute atomic E-state index is 0. The van der Waals surface area contributed by atoms with Crippen LogP contribution in [0.1, 0.15) is 23.2 Å². The van der Waals surface area contributed by atoms with E-state index in [4.69, 9.17) is 17.3 Å². The minimum Gasteiger partial charge on any atom is -0.361 e. The third-order valence-corrected chi connectivity index (χ3v) is 4.86. The van der Waals surface area contributed by atoms with Crippen LogP contribution in [0.2, 0.25) is 5.28 Å². The molecule has 136 valence electrons. The molecule has 0 radical (unpaired) electrons. The maximum Gasteiger partial charge on any atom is 0.224 e. The van der Waals surface area contributed by atoms with Gasteiger partial charge in [0.25, 0.3) is 0 Å². The number of nitrogens with two attached hydrogens (primary N) is 1. The van der Waals surface area contributed by atoms with E-state index in [0.29, 0.717) is 18.2 Å². The predicted molar refractivity (Wildman–Crippen MR) is 108 cm³/mol. The lowest BCUT2D eigenvalue weighted by atomic mass is 10.1. The highest BCUT2D eigenvalue weighted by Crippen LogP contribution is 2.35. The average molecular weight is 422 g/mol. The Morgan fingerprint density at radius 1 is 1.24 bits per heavy atom. The quantitative estimate of drug-likeness (QED) is 0.609. The summed E-state index contributed by atoms with van der Waals surface area (Å²) in [5.74, 6) is 1.40. The molecule has 0 saturated carbocycles. The number of thiophene rings is 1. The number of halogens is 3. The lowest BCUT2D eigenvalue weighted by Crippen LogP contribution is -2.17. The van der Waals surface area contributed by atoms with E-state index in [1.807, 2.05) is 13.8 Å². The molecule has 3 rings (SSSR count). The van der Waals surface area contributed by atoms with Crippen molar-refractivity contribution in [1.82, 2.24) is 19.9 Å². The molecule has 0 aliphatic heterocycles. The Hall–Kier alpha value is -1.25. The van der Waals surface area contributed by atoms with Crippen LogP contribution in [-0.4, -0.2) is 26.0 Å². The van der Waals surface area contributed by atoms with Gasteiger partial charge in [0.2, 0.25) is 5.28 Å². The Balaban J connectivity index is 0.00000156. The van der Waals surface area contributed by atoms with Gasteiger partial charge in [0.05, 0.1) is 16.8 Å². The highest BCUT2D eigenvalue weighted by atomic mass is 35.5. The van der Waals surface area contributed by atoms with Gasteiger partial charge in [0.15, 0.2) is 0 Å². The largest absolute Gasteiger partial charge is 0.361 e. The van der Waals surface area contributed by atoms with Gasteiger partial charge in [-0.25, -0.2) is 15.0 Å². The van der Waals surface area contributed by atoms with E-state index < -0.39 is 0 Å². The van der Waals surface area contributed by atoms with Crippen molar-refractivity contribution < 1.29 is 0 Å². The lowest BCUT2D eigenvalue weighted by Gasteiger charge is -2.05. The van der Waals surface area contributed by atoms with Crippen molar-refractivity contribution in [2.75, 3.05) is 5.32 Å². The average Bonchev–Trinajstić information content (AvgIpc) is 2.82. The number of nitrogens with one attached hydrogen (secondary N) is 1. The van der Waals surface area contributed by atoms with Crippen LogP contribution < -0.4 is 11.1 Å². The second-order valence-corrected chi connectivity index (χ2v) is 6.81. The number of anilines is 1. The third kappa shape index (κ3) is 5.12. The second-order valence-electron chi connectivity index (χ2n) is 5.37. The Bertz CT molecular complexity index is 825. The van der Waals surface area contributed by atoms with Crippen molar-refractivity contribution in [3.05, 3.63) is 40.0 Å². The molecule has 3 heterocycles. The molecule has 3 aromatic heterocycles. The highest BCUT2D eigenvalue weighted by molar-refractivity contribution is 7.19. The molecule has 0 aliphatic carbocycles. The lowest BCUT2D eigenvalue weighted by molar-refractivity contribution is 0.744. The van der Waals surface area contributed by atoms with Crippen LogP contribution in [0.4, 0.5) is 5.82 Å². The number of rotatable bonds is 5. The zero-order chi connectivity index (χ0) is 16.4. The summed E-state index contributed by atoms with van der Waals surface area (Å²) < 4.78 is 0.985. The SMILES string of the molecule is Cc1c(CC(C)N)sc2c(NCc3ncccn3)nc(Cl)nc12.Cl.Cl. The smallest absolute Gasteiger partial charge is 0.224 e. The molecule has 10 heteroatoms. The predicted octanol–water partition coefficient (Wildman–Crippen LogP) is 3.79. The second kappa shape index (κ2) is 9.45. The van der Waals surface area contributed by atoms with Crippen molar-refractivity contribution in [2.45, 2.75) is 32.9 Å². The molecule has 0 saturated heterocycles. The zero-order valence-electron chi connectivity index (χ0n) is 13.7. The van der Waals surface area contributed by atoms with Crippen molar-refractivity contribution in [3.8, 4) is 0 Å². The minimum atomic E-state index is 0. The van der Waals surface area contributed by atoms with Crippen molar-refractivity contribution in [3.63, 3.8) is 0 Å². The van der Waals surface area contributed by atoms with E-state index in [1.165, 1.54) is 4.88 Å². The zero-order valence-corrected chi connectivity index (χ0v) is 16.9. The fourth-order valence-electron chi connectivity index (χ4n) is 2.30. The normalized spacial score (nSPS) is 11.5. The van der Waals surface area contributed by atoms with Crippen molar-refractivity contribution in [1.29, 1.82) is 0 Å². The van der Waals surface area contributed by atoms with Gasteiger partial charge >= 0.3 is 0 Å². The summed E-state index contributed by atoms with van der Waals surface area (Å²) in [6.45, 7) is 4.52. The van der Waals surface area contributed by atoms with Crippen LogP contribution in [0.5, 0.6) is 0 Å². The Morgan fingerprint density at radius 2 is 1.92 bits per heavy atom. The summed E-state index contributed by atoms with van der Waals surface area (Å²) in [6, 6.07) is 1.88. The van der Waals surface area contributed by atoms with Gasteiger partial charge in [-0.1, -0.05) is 0 Å². The topological polar surface area (TPSA) is 89.6 Å². The monoisotopic (exact) mass is 420 g/mol. The number of hydrogen-bond acceptors (Lipinski definition) is 7. The molecule has 25 heavy (non-hydrogen) atoms. The molecule has 0 spiro atoms. The molecule has 1 atom stereocenters. The fourth-order valence-corrected chi connectivity index (χ4v) is 3.82. The van der Waals surface area contributed by atoms with Crippen LogP contribution >= 0.6 is 47.8 Å². The van der Waals surface area contributed by atoms with E-state index in [9.17, 15) is 0 Å².